The van der Waals surface area contributed by atoms with Crippen LogP contribution in [0.25, 0.3) is 0 Å². The zero-order valence-electron chi connectivity index (χ0n) is 17.9. The molecule has 0 aromatic carbocycles. The molecule has 1 aliphatic carbocycles. The van der Waals surface area contributed by atoms with Crippen molar-refractivity contribution in [2.24, 2.45) is 17.3 Å². The number of carbonyl (C=O) groups excluding carboxylic acids is 2. The molecule has 0 atom stereocenters. The maximum Gasteiger partial charge on any atom is 0.326 e. The lowest BCUT2D eigenvalue weighted by atomic mass is 9.67. The summed E-state index contributed by atoms with van der Waals surface area (Å²) >= 11 is 0. The first-order chi connectivity index (χ1) is 12.6. The van der Waals surface area contributed by atoms with Gasteiger partial charge in [-0.05, 0) is 42.9 Å². The maximum absolute atomic E-state index is 13.1. The van der Waals surface area contributed by atoms with E-state index in [0.29, 0.717) is 18.5 Å². The summed E-state index contributed by atoms with van der Waals surface area (Å²) in [7, 11) is 0. The Hall–Kier alpha value is -1.14. The van der Waals surface area contributed by atoms with Crippen molar-refractivity contribution in [1.82, 2.24) is 20.0 Å². The smallest absolute Gasteiger partial charge is 0.323 e. The van der Waals surface area contributed by atoms with Gasteiger partial charge in [0.25, 0.3) is 5.91 Å². The Labute approximate surface area is 164 Å². The number of hydrogen-bond acceptors (Lipinski definition) is 4. The minimum Gasteiger partial charge on any atom is -0.323 e. The van der Waals surface area contributed by atoms with Gasteiger partial charge >= 0.3 is 6.03 Å². The van der Waals surface area contributed by atoms with Crippen LogP contribution in [0.15, 0.2) is 0 Å². The van der Waals surface area contributed by atoms with Crippen molar-refractivity contribution in [1.29, 1.82) is 0 Å². The van der Waals surface area contributed by atoms with Crippen molar-refractivity contribution in [3.05, 3.63) is 0 Å². The van der Waals surface area contributed by atoms with E-state index in [9.17, 15) is 9.59 Å². The predicted molar refractivity (Wildman–Crippen MR) is 107 cm³/mol. The molecule has 1 spiro atoms. The van der Waals surface area contributed by atoms with E-state index < -0.39 is 5.54 Å². The molecule has 2 aliphatic heterocycles. The first-order valence-electron chi connectivity index (χ1n) is 10.7. The zero-order chi connectivity index (χ0) is 19.8. The van der Waals surface area contributed by atoms with Gasteiger partial charge in [0.1, 0.15) is 5.54 Å². The highest BCUT2D eigenvalue weighted by atomic mass is 16.2. The lowest BCUT2D eigenvalue weighted by Crippen LogP contribution is -2.53. The molecule has 0 aromatic heterocycles. The fraction of sp³-hybridized carbons (Fsp3) is 0.905. The van der Waals surface area contributed by atoms with Crippen molar-refractivity contribution < 1.29 is 9.59 Å². The molecule has 27 heavy (non-hydrogen) atoms. The zero-order valence-corrected chi connectivity index (χ0v) is 17.9. The summed E-state index contributed by atoms with van der Waals surface area (Å²) < 4.78 is 0. The minimum absolute atomic E-state index is 0.00414. The summed E-state index contributed by atoms with van der Waals surface area (Å²) in [6, 6.07) is -0.196. The number of hydrogen-bond donors (Lipinski definition) is 1. The largest absolute Gasteiger partial charge is 0.326 e. The molecule has 3 fully saturated rings. The SMILES string of the molecule is CC(C)CN1CCN(CN2C(=O)NC3(CCC(C(C)(C)C)CC3)C2=O)CC1. The van der Waals surface area contributed by atoms with Gasteiger partial charge in [-0.15, -0.1) is 0 Å². The summed E-state index contributed by atoms with van der Waals surface area (Å²) in [5, 5.41) is 3.07. The van der Waals surface area contributed by atoms with Gasteiger partial charge in [-0.1, -0.05) is 34.6 Å². The van der Waals surface area contributed by atoms with Crippen LogP contribution in [0.1, 0.15) is 60.3 Å². The maximum atomic E-state index is 13.1. The first kappa shape index (κ1) is 20.6. The molecule has 3 rings (SSSR count). The van der Waals surface area contributed by atoms with E-state index in [0.717, 1.165) is 58.4 Å². The average molecular weight is 379 g/mol. The summed E-state index contributed by atoms with van der Waals surface area (Å²) in [6.07, 6.45) is 3.57. The summed E-state index contributed by atoms with van der Waals surface area (Å²) in [6.45, 7) is 16.7. The number of rotatable bonds is 4. The van der Waals surface area contributed by atoms with Crippen molar-refractivity contribution >= 4 is 11.9 Å². The molecule has 6 nitrogen and oxygen atoms in total. The van der Waals surface area contributed by atoms with Gasteiger partial charge in [0.05, 0.1) is 6.67 Å². The number of nitrogens with zero attached hydrogens (tertiary/aromatic N) is 3. The number of amides is 3. The highest BCUT2D eigenvalue weighted by Crippen LogP contribution is 2.43. The van der Waals surface area contributed by atoms with Crippen LogP contribution in [0.3, 0.4) is 0 Å². The molecular formula is C21H38N4O2. The minimum atomic E-state index is -0.641. The van der Waals surface area contributed by atoms with Crippen LogP contribution >= 0.6 is 0 Å². The highest BCUT2D eigenvalue weighted by Gasteiger charge is 2.53. The summed E-state index contributed by atoms with van der Waals surface area (Å²) in [5.41, 5.74) is -0.374. The first-order valence-corrected chi connectivity index (χ1v) is 10.7. The van der Waals surface area contributed by atoms with Gasteiger partial charge in [-0.3, -0.25) is 9.69 Å². The van der Waals surface area contributed by atoms with E-state index in [1.54, 1.807) is 0 Å². The molecule has 1 saturated carbocycles. The molecule has 6 heteroatoms. The third-order valence-electron chi connectivity index (χ3n) is 6.74. The van der Waals surface area contributed by atoms with Crippen LogP contribution in [0, 0.1) is 17.3 Å². The van der Waals surface area contributed by atoms with Gasteiger partial charge in [0.2, 0.25) is 0 Å². The molecule has 2 heterocycles. The molecule has 1 N–H and O–H groups in total. The fourth-order valence-corrected chi connectivity index (χ4v) is 4.95. The van der Waals surface area contributed by atoms with E-state index in [-0.39, 0.29) is 17.4 Å². The molecule has 154 valence electrons. The van der Waals surface area contributed by atoms with Crippen molar-refractivity contribution in [2.45, 2.75) is 65.8 Å². The Morgan fingerprint density at radius 2 is 1.59 bits per heavy atom. The fourth-order valence-electron chi connectivity index (χ4n) is 4.95. The van der Waals surface area contributed by atoms with Crippen LogP contribution in [-0.4, -0.2) is 71.6 Å². The normalized spacial score (nSPS) is 31.2. The van der Waals surface area contributed by atoms with Crippen molar-refractivity contribution in [3.63, 3.8) is 0 Å². The van der Waals surface area contributed by atoms with Gasteiger partial charge in [-0.2, -0.15) is 0 Å². The van der Waals surface area contributed by atoms with Crippen LogP contribution < -0.4 is 5.32 Å². The van der Waals surface area contributed by atoms with E-state index in [1.165, 1.54) is 4.90 Å². The van der Waals surface area contributed by atoms with Gasteiger partial charge in [0.15, 0.2) is 0 Å². The Bertz CT molecular complexity index is 553. The predicted octanol–water partition coefficient (Wildman–Crippen LogP) is 2.74. The van der Waals surface area contributed by atoms with Crippen LogP contribution in [-0.2, 0) is 4.79 Å². The molecule has 2 saturated heterocycles. The topological polar surface area (TPSA) is 55.9 Å². The second-order valence-corrected chi connectivity index (χ2v) is 10.3. The van der Waals surface area contributed by atoms with Crippen molar-refractivity contribution in [3.8, 4) is 0 Å². The standard InChI is InChI=1S/C21H38N4O2/c1-16(2)14-23-10-12-24(13-11-23)15-25-18(26)21(22-19(25)27)8-6-17(7-9-21)20(3,4)5/h16-17H,6-15H2,1-5H3,(H,22,27). The Balaban J connectivity index is 1.55. The van der Waals surface area contributed by atoms with Gasteiger partial charge in [0, 0.05) is 32.7 Å². The lowest BCUT2D eigenvalue weighted by Gasteiger charge is -2.41. The third-order valence-corrected chi connectivity index (χ3v) is 6.74. The molecule has 0 bridgehead atoms. The van der Waals surface area contributed by atoms with Crippen LogP contribution in [0.5, 0.6) is 0 Å². The van der Waals surface area contributed by atoms with E-state index in [2.05, 4.69) is 49.7 Å². The van der Waals surface area contributed by atoms with Gasteiger partial charge < -0.3 is 10.2 Å². The summed E-state index contributed by atoms with van der Waals surface area (Å²) in [4.78, 5) is 31.9. The second-order valence-electron chi connectivity index (χ2n) is 10.3. The van der Waals surface area contributed by atoms with Gasteiger partial charge in [-0.25, -0.2) is 9.69 Å². The molecule has 0 aromatic rings. The van der Waals surface area contributed by atoms with E-state index >= 15 is 0 Å². The Morgan fingerprint density at radius 1 is 1.04 bits per heavy atom. The number of carbonyl (C=O) groups is 2. The van der Waals surface area contributed by atoms with Crippen LogP contribution in [0.2, 0.25) is 0 Å². The molecule has 3 amide bonds. The lowest BCUT2D eigenvalue weighted by molar-refractivity contribution is -0.134. The second kappa shape index (κ2) is 7.70. The number of imide groups is 1. The number of urea groups is 1. The van der Waals surface area contributed by atoms with E-state index in [1.807, 2.05) is 0 Å². The number of piperazine rings is 1. The quantitative estimate of drug-likeness (QED) is 0.764. The van der Waals surface area contributed by atoms with Crippen molar-refractivity contribution in [2.75, 3.05) is 39.4 Å². The van der Waals surface area contributed by atoms with Crippen LogP contribution in [0.4, 0.5) is 4.79 Å². The molecule has 3 aliphatic rings. The monoisotopic (exact) mass is 378 g/mol. The molecule has 0 radical (unpaired) electrons. The molecule has 0 unspecified atom stereocenters. The molecular weight excluding hydrogens is 340 g/mol. The van der Waals surface area contributed by atoms with E-state index in [4.69, 9.17) is 0 Å². The summed E-state index contributed by atoms with van der Waals surface area (Å²) in [5.74, 6) is 1.30. The average Bonchev–Trinajstić information content (AvgIpc) is 2.80. The third kappa shape index (κ3) is 4.48. The Kier molecular flexibility index (Phi) is 5.88. The number of nitrogens with one attached hydrogen (secondary N) is 1. The highest BCUT2D eigenvalue weighted by molar-refractivity contribution is 6.07. The Morgan fingerprint density at radius 3 is 2.11 bits per heavy atom.